The van der Waals surface area contributed by atoms with Crippen molar-refractivity contribution in [3.05, 3.63) is 23.3 Å². The van der Waals surface area contributed by atoms with Gasteiger partial charge in [-0.15, -0.1) is 0 Å². The van der Waals surface area contributed by atoms with Crippen molar-refractivity contribution in [2.45, 2.75) is 58.4 Å². The largest absolute Gasteiger partial charge is 0.497 e. The number of hydrogen-bond donors (Lipinski definition) is 1. The van der Waals surface area contributed by atoms with E-state index in [1.807, 2.05) is 13.0 Å². The van der Waals surface area contributed by atoms with Crippen LogP contribution in [-0.4, -0.2) is 55.2 Å². The highest BCUT2D eigenvalue weighted by Crippen LogP contribution is 2.49. The number of esters is 1. The molecule has 6 heteroatoms. The Bertz CT molecular complexity index is 749. The number of rotatable bonds is 7. The van der Waals surface area contributed by atoms with Crippen molar-refractivity contribution in [2.75, 3.05) is 38.7 Å². The fraction of sp³-hybridized carbons (Fsp3) is 0.636. The minimum absolute atomic E-state index is 0.0371. The maximum absolute atomic E-state index is 13.5. The molecule has 154 valence electrons. The number of quaternary nitrogens is 1. The van der Waals surface area contributed by atoms with Crippen molar-refractivity contribution < 1.29 is 23.5 Å². The number of ether oxygens (including phenoxy) is 2. The predicted octanol–water partition coefficient (Wildman–Crippen LogP) is 3.67. The van der Waals surface area contributed by atoms with Gasteiger partial charge in [0.05, 0.1) is 44.6 Å². The molecule has 2 fully saturated rings. The van der Waals surface area contributed by atoms with E-state index < -0.39 is 5.97 Å². The molecule has 1 aromatic rings. The summed E-state index contributed by atoms with van der Waals surface area (Å²) >= 11 is 0. The summed E-state index contributed by atoms with van der Waals surface area (Å²) in [6.45, 7) is 9.23. The van der Waals surface area contributed by atoms with Gasteiger partial charge in [0.2, 0.25) is 0 Å². The standard InChI is InChI=1S/C22H32N2O4/c1-5-24(12-8-7-9-13-24)22(10-11-22)21(26)23-19-16(3)14-17(27-4)15-18(19)20(25)28-6-2/h14-15H,5-13H2,1-4H3/p+1. The van der Waals surface area contributed by atoms with Crippen molar-refractivity contribution in [2.24, 2.45) is 0 Å². The lowest BCUT2D eigenvalue weighted by atomic mass is 10.00. The number of piperidine rings is 1. The molecule has 1 heterocycles. The molecule has 1 aliphatic heterocycles. The van der Waals surface area contributed by atoms with Crippen LogP contribution < -0.4 is 10.1 Å². The molecule has 1 aliphatic carbocycles. The first-order chi connectivity index (χ1) is 13.4. The normalized spacial score (nSPS) is 19.6. The third kappa shape index (κ3) is 3.50. The molecule has 3 rings (SSSR count). The van der Waals surface area contributed by atoms with E-state index in [-0.39, 0.29) is 18.1 Å². The van der Waals surface area contributed by atoms with Gasteiger partial charge >= 0.3 is 5.97 Å². The number of aryl methyl sites for hydroxylation is 1. The second kappa shape index (κ2) is 8.11. The number of carbonyl (C=O) groups is 2. The van der Waals surface area contributed by atoms with Crippen LogP contribution in [-0.2, 0) is 9.53 Å². The first-order valence-corrected chi connectivity index (χ1v) is 10.5. The number of methoxy groups -OCH3 is 1. The zero-order valence-corrected chi connectivity index (χ0v) is 17.6. The molecule has 1 aromatic carbocycles. The van der Waals surface area contributed by atoms with Gasteiger partial charge in [0.1, 0.15) is 5.75 Å². The Hall–Kier alpha value is -2.08. The predicted molar refractivity (Wildman–Crippen MR) is 109 cm³/mol. The van der Waals surface area contributed by atoms with Gasteiger partial charge in [-0.25, -0.2) is 4.79 Å². The first-order valence-electron chi connectivity index (χ1n) is 10.5. The summed E-state index contributed by atoms with van der Waals surface area (Å²) in [4.78, 5) is 26.0. The molecule has 1 amide bonds. The van der Waals surface area contributed by atoms with E-state index >= 15 is 0 Å². The zero-order chi connectivity index (χ0) is 20.4. The lowest BCUT2D eigenvalue weighted by molar-refractivity contribution is -0.955. The first kappa shape index (κ1) is 20.6. The Morgan fingerprint density at radius 1 is 1.14 bits per heavy atom. The topological polar surface area (TPSA) is 64.6 Å². The quantitative estimate of drug-likeness (QED) is 0.571. The van der Waals surface area contributed by atoms with Crippen LogP contribution in [0.25, 0.3) is 0 Å². The Kier molecular flexibility index (Phi) is 5.98. The summed E-state index contributed by atoms with van der Waals surface area (Å²) in [5.41, 5.74) is 1.34. The van der Waals surface area contributed by atoms with E-state index in [2.05, 4.69) is 12.2 Å². The van der Waals surface area contributed by atoms with E-state index in [0.29, 0.717) is 17.0 Å². The molecule has 0 atom stereocenters. The van der Waals surface area contributed by atoms with Crippen LogP contribution in [0, 0.1) is 6.92 Å². The van der Waals surface area contributed by atoms with Gasteiger partial charge in [-0.1, -0.05) is 0 Å². The zero-order valence-electron chi connectivity index (χ0n) is 17.6. The summed E-state index contributed by atoms with van der Waals surface area (Å²) < 4.78 is 11.4. The molecule has 0 aromatic heterocycles. The summed E-state index contributed by atoms with van der Waals surface area (Å²) in [6.07, 6.45) is 5.44. The van der Waals surface area contributed by atoms with Crippen LogP contribution in [0.15, 0.2) is 12.1 Å². The highest BCUT2D eigenvalue weighted by molar-refractivity contribution is 6.06. The number of hydrogen-bond acceptors (Lipinski definition) is 4. The second-order valence-corrected chi connectivity index (χ2v) is 8.04. The van der Waals surface area contributed by atoms with Crippen molar-refractivity contribution in [1.29, 1.82) is 0 Å². The fourth-order valence-corrected chi connectivity index (χ4v) is 4.84. The third-order valence-corrected chi connectivity index (χ3v) is 6.61. The van der Waals surface area contributed by atoms with Crippen LogP contribution in [0.3, 0.4) is 0 Å². The number of benzene rings is 1. The Morgan fingerprint density at radius 2 is 1.82 bits per heavy atom. The average molecular weight is 390 g/mol. The summed E-state index contributed by atoms with van der Waals surface area (Å²) in [7, 11) is 1.56. The van der Waals surface area contributed by atoms with Crippen LogP contribution in [0.4, 0.5) is 5.69 Å². The van der Waals surface area contributed by atoms with E-state index in [9.17, 15) is 9.59 Å². The SMILES string of the molecule is CCOC(=O)c1cc(OC)cc(C)c1NC(=O)C1([N+]2(CC)CCCCC2)CC1. The Morgan fingerprint density at radius 3 is 2.36 bits per heavy atom. The lowest BCUT2D eigenvalue weighted by Gasteiger charge is -2.46. The lowest BCUT2D eigenvalue weighted by Crippen LogP contribution is -2.64. The van der Waals surface area contributed by atoms with Crippen LogP contribution in [0.1, 0.15) is 61.9 Å². The molecule has 2 aliphatic rings. The van der Waals surface area contributed by atoms with Crippen LogP contribution in [0.2, 0.25) is 0 Å². The number of likely N-dealkylation sites (tertiary alicyclic amines) is 1. The molecule has 0 spiro atoms. The molecule has 6 nitrogen and oxygen atoms in total. The molecular weight excluding hydrogens is 356 g/mol. The molecule has 28 heavy (non-hydrogen) atoms. The maximum Gasteiger partial charge on any atom is 0.340 e. The highest BCUT2D eigenvalue weighted by atomic mass is 16.5. The van der Waals surface area contributed by atoms with Crippen molar-refractivity contribution >= 4 is 17.6 Å². The van der Waals surface area contributed by atoms with Crippen LogP contribution in [0.5, 0.6) is 5.75 Å². The Balaban J connectivity index is 1.92. The summed E-state index contributed by atoms with van der Waals surface area (Å²) in [5.74, 6) is 0.171. The van der Waals surface area contributed by atoms with Crippen molar-refractivity contribution in [1.82, 2.24) is 0 Å². The molecule has 0 bridgehead atoms. The summed E-state index contributed by atoms with van der Waals surface area (Å²) in [5, 5.41) is 3.12. The number of nitrogens with one attached hydrogen (secondary N) is 1. The van der Waals surface area contributed by atoms with Crippen molar-refractivity contribution in [3.63, 3.8) is 0 Å². The van der Waals surface area contributed by atoms with E-state index in [1.165, 1.54) is 19.3 Å². The molecule has 0 radical (unpaired) electrons. The number of carbonyl (C=O) groups excluding carboxylic acids is 2. The third-order valence-electron chi connectivity index (χ3n) is 6.61. The van der Waals surface area contributed by atoms with Gasteiger partial charge in [-0.2, -0.15) is 0 Å². The maximum atomic E-state index is 13.5. The van der Waals surface area contributed by atoms with Gasteiger partial charge in [-0.05, 0) is 57.7 Å². The molecule has 1 N–H and O–H groups in total. The minimum Gasteiger partial charge on any atom is -0.497 e. The second-order valence-electron chi connectivity index (χ2n) is 8.04. The molecular formula is C22H33N2O4+. The van der Waals surface area contributed by atoms with E-state index in [4.69, 9.17) is 9.47 Å². The molecule has 0 unspecified atom stereocenters. The molecule has 1 saturated carbocycles. The fourth-order valence-electron chi connectivity index (χ4n) is 4.84. The summed E-state index contributed by atoms with van der Waals surface area (Å²) in [6, 6.07) is 3.48. The van der Waals surface area contributed by atoms with Gasteiger partial charge in [0.15, 0.2) is 5.54 Å². The number of amides is 1. The minimum atomic E-state index is -0.443. The van der Waals surface area contributed by atoms with E-state index in [1.54, 1.807) is 20.1 Å². The van der Waals surface area contributed by atoms with Gasteiger partial charge in [0, 0.05) is 12.8 Å². The van der Waals surface area contributed by atoms with E-state index in [0.717, 1.165) is 42.5 Å². The number of nitrogens with zero attached hydrogens (tertiary/aromatic N) is 1. The smallest absolute Gasteiger partial charge is 0.340 e. The van der Waals surface area contributed by atoms with Gasteiger partial charge < -0.3 is 19.3 Å². The number of likely N-dealkylation sites (N-methyl/N-ethyl adjacent to an activating group) is 1. The van der Waals surface area contributed by atoms with Gasteiger partial charge in [0.25, 0.3) is 5.91 Å². The Labute approximate surface area is 167 Å². The number of anilines is 1. The monoisotopic (exact) mass is 389 g/mol. The molecule has 1 saturated heterocycles. The van der Waals surface area contributed by atoms with Gasteiger partial charge in [-0.3, -0.25) is 4.79 Å². The highest BCUT2D eigenvalue weighted by Gasteiger charge is 2.65. The average Bonchev–Trinajstić information content (AvgIpc) is 3.52. The van der Waals surface area contributed by atoms with Crippen LogP contribution >= 0.6 is 0 Å². The van der Waals surface area contributed by atoms with Crippen molar-refractivity contribution in [3.8, 4) is 5.75 Å².